The summed E-state index contributed by atoms with van der Waals surface area (Å²) in [7, 11) is 1.62. The smallest absolute Gasteiger partial charge is 0.262 e. The Morgan fingerprint density at radius 2 is 2.05 bits per heavy atom. The van der Waals surface area contributed by atoms with Crippen molar-refractivity contribution in [2.75, 3.05) is 20.2 Å². The number of carbonyl (C=O) groups is 1. The van der Waals surface area contributed by atoms with Gasteiger partial charge in [0.25, 0.3) is 5.92 Å². The molecule has 0 radical (unpaired) electrons. The first kappa shape index (κ1) is 18.6. The van der Waals surface area contributed by atoms with E-state index in [0.29, 0.717) is 13.2 Å². The van der Waals surface area contributed by atoms with Crippen LogP contribution in [-0.4, -0.2) is 43.0 Å². The van der Waals surface area contributed by atoms with Gasteiger partial charge < -0.3 is 9.64 Å². The van der Waals surface area contributed by atoms with Crippen LogP contribution in [0.2, 0.25) is 0 Å². The van der Waals surface area contributed by atoms with Crippen molar-refractivity contribution in [3.05, 3.63) is 29.8 Å². The van der Waals surface area contributed by atoms with E-state index in [9.17, 15) is 13.6 Å². The van der Waals surface area contributed by atoms with Gasteiger partial charge in [0.15, 0.2) is 0 Å². The second-order valence-electron chi connectivity index (χ2n) is 5.26. The molecule has 0 aromatic heterocycles. The molecule has 2 rings (SSSR count). The van der Waals surface area contributed by atoms with Gasteiger partial charge in [-0.15, -0.1) is 12.4 Å². The van der Waals surface area contributed by atoms with E-state index in [-0.39, 0.29) is 18.3 Å². The van der Waals surface area contributed by atoms with E-state index < -0.39 is 24.9 Å². The number of likely N-dealkylation sites (N-methyl/N-ethyl adjacent to an activating group) is 1. The van der Waals surface area contributed by atoms with Crippen molar-refractivity contribution in [1.29, 1.82) is 0 Å². The first-order valence-corrected chi connectivity index (χ1v) is 6.99. The van der Waals surface area contributed by atoms with Crippen molar-refractivity contribution in [3.8, 4) is 5.75 Å². The molecule has 1 aliphatic rings. The maximum atomic E-state index is 13.1. The van der Waals surface area contributed by atoms with E-state index in [1.54, 1.807) is 7.05 Å². The molecular formula is C15H21ClF2N2O2. The number of alkyl halides is 2. The second kappa shape index (κ2) is 7.74. The van der Waals surface area contributed by atoms with Crippen LogP contribution in [0.25, 0.3) is 0 Å². The van der Waals surface area contributed by atoms with E-state index in [2.05, 4.69) is 5.32 Å². The van der Waals surface area contributed by atoms with Crippen LogP contribution in [0.15, 0.2) is 24.3 Å². The number of benzene rings is 1. The van der Waals surface area contributed by atoms with Crippen LogP contribution in [-0.2, 0) is 11.3 Å². The van der Waals surface area contributed by atoms with Crippen LogP contribution in [0.5, 0.6) is 5.75 Å². The van der Waals surface area contributed by atoms with Gasteiger partial charge in [-0.2, -0.15) is 0 Å². The van der Waals surface area contributed by atoms with Crippen LogP contribution in [0, 0.1) is 0 Å². The van der Waals surface area contributed by atoms with Gasteiger partial charge in [-0.1, -0.05) is 12.1 Å². The minimum Gasteiger partial charge on any atom is -0.494 e. The van der Waals surface area contributed by atoms with E-state index in [4.69, 9.17) is 4.74 Å². The lowest BCUT2D eigenvalue weighted by atomic mass is 10.1. The summed E-state index contributed by atoms with van der Waals surface area (Å²) in [5, 5.41) is 2.58. The molecule has 124 valence electrons. The molecule has 4 nitrogen and oxygen atoms in total. The Labute approximate surface area is 135 Å². The molecule has 7 heteroatoms. The largest absolute Gasteiger partial charge is 0.494 e. The lowest BCUT2D eigenvalue weighted by Gasteiger charge is -2.21. The minimum atomic E-state index is -2.79. The number of rotatable bonds is 5. The van der Waals surface area contributed by atoms with Crippen LogP contribution < -0.4 is 10.1 Å². The summed E-state index contributed by atoms with van der Waals surface area (Å²) in [6.45, 7) is 2.46. The maximum Gasteiger partial charge on any atom is 0.262 e. The molecule has 1 N–H and O–H groups in total. The minimum absolute atomic E-state index is 0. The van der Waals surface area contributed by atoms with Gasteiger partial charge in [0.1, 0.15) is 5.75 Å². The number of ether oxygens (including phenoxy) is 1. The van der Waals surface area contributed by atoms with Crippen molar-refractivity contribution in [2.24, 2.45) is 0 Å². The maximum absolute atomic E-state index is 13.1. The normalized spacial score (nSPS) is 19.4. The summed E-state index contributed by atoms with van der Waals surface area (Å²) in [5.74, 6) is -2.33. The fourth-order valence-corrected chi connectivity index (χ4v) is 2.37. The van der Waals surface area contributed by atoms with Crippen LogP contribution in [0.3, 0.4) is 0 Å². The highest BCUT2D eigenvalue weighted by atomic mass is 35.5. The molecule has 1 amide bonds. The molecule has 22 heavy (non-hydrogen) atoms. The lowest BCUT2D eigenvalue weighted by molar-refractivity contribution is -0.132. The fourth-order valence-electron chi connectivity index (χ4n) is 2.37. The van der Waals surface area contributed by atoms with Gasteiger partial charge in [0, 0.05) is 20.0 Å². The van der Waals surface area contributed by atoms with Crippen molar-refractivity contribution >= 4 is 18.3 Å². The molecular weight excluding hydrogens is 314 g/mol. The number of hydrogen-bond acceptors (Lipinski definition) is 3. The predicted molar refractivity (Wildman–Crippen MR) is 82.7 cm³/mol. The van der Waals surface area contributed by atoms with Crippen molar-refractivity contribution in [1.82, 2.24) is 10.2 Å². The highest BCUT2D eigenvalue weighted by Crippen LogP contribution is 2.26. The van der Waals surface area contributed by atoms with Gasteiger partial charge in [0.2, 0.25) is 5.91 Å². The first-order valence-electron chi connectivity index (χ1n) is 6.99. The van der Waals surface area contributed by atoms with E-state index in [1.807, 2.05) is 31.2 Å². The average molecular weight is 335 g/mol. The Kier molecular flexibility index (Phi) is 6.56. The average Bonchev–Trinajstić information content (AvgIpc) is 2.80. The Balaban J connectivity index is 0.00000242. The van der Waals surface area contributed by atoms with Gasteiger partial charge >= 0.3 is 0 Å². The third-order valence-corrected chi connectivity index (χ3v) is 3.44. The van der Waals surface area contributed by atoms with Crippen LogP contribution in [0.1, 0.15) is 18.9 Å². The van der Waals surface area contributed by atoms with Crippen molar-refractivity contribution < 1.29 is 18.3 Å². The molecule has 0 aliphatic carbocycles. The van der Waals surface area contributed by atoms with Crippen molar-refractivity contribution in [3.63, 3.8) is 0 Å². The first-order chi connectivity index (χ1) is 9.91. The molecule has 1 heterocycles. The molecule has 0 saturated carbocycles. The number of nitrogens with one attached hydrogen (secondary N) is 1. The van der Waals surface area contributed by atoms with E-state index in [1.165, 1.54) is 4.90 Å². The molecule has 1 fully saturated rings. The number of amides is 1. The summed E-state index contributed by atoms with van der Waals surface area (Å²) in [6.07, 6.45) is -0.431. The fraction of sp³-hybridized carbons (Fsp3) is 0.533. The van der Waals surface area contributed by atoms with Crippen molar-refractivity contribution in [2.45, 2.75) is 31.9 Å². The van der Waals surface area contributed by atoms with Gasteiger partial charge in [-0.05, 0) is 24.6 Å². The Morgan fingerprint density at radius 1 is 1.41 bits per heavy atom. The summed E-state index contributed by atoms with van der Waals surface area (Å²) in [5.41, 5.74) is 0.930. The highest BCUT2D eigenvalue weighted by molar-refractivity contribution is 5.85. The summed E-state index contributed by atoms with van der Waals surface area (Å²) < 4.78 is 31.6. The van der Waals surface area contributed by atoms with Gasteiger partial charge in [-0.3, -0.25) is 10.1 Å². The Morgan fingerprint density at radius 3 is 2.55 bits per heavy atom. The quantitative estimate of drug-likeness (QED) is 0.899. The zero-order valence-corrected chi connectivity index (χ0v) is 13.5. The molecule has 1 aromatic rings. The van der Waals surface area contributed by atoms with E-state index >= 15 is 0 Å². The Bertz CT molecular complexity index is 497. The summed E-state index contributed by atoms with van der Waals surface area (Å²) in [6, 6.07) is 6.60. The van der Waals surface area contributed by atoms with Crippen LogP contribution in [0.4, 0.5) is 8.78 Å². The zero-order chi connectivity index (χ0) is 15.5. The monoisotopic (exact) mass is 334 g/mol. The third-order valence-electron chi connectivity index (χ3n) is 3.44. The molecule has 0 bridgehead atoms. The standard InChI is InChI=1S/C15H20F2N2O2.ClH/c1-3-21-12-6-4-11(5-7-12)9-19(2)14(20)13-8-15(16,17)10-18-13;/h4-7,13,18H,3,8-10H2,1-2H3;1H. The summed E-state index contributed by atoms with van der Waals surface area (Å²) in [4.78, 5) is 13.6. The molecule has 0 spiro atoms. The lowest BCUT2D eigenvalue weighted by Crippen LogP contribution is -2.41. The number of carbonyl (C=O) groups excluding carboxylic acids is 1. The molecule has 1 aromatic carbocycles. The third kappa shape index (κ3) is 4.81. The van der Waals surface area contributed by atoms with Gasteiger partial charge in [0.05, 0.1) is 19.2 Å². The highest BCUT2D eigenvalue weighted by Gasteiger charge is 2.43. The topological polar surface area (TPSA) is 41.6 Å². The zero-order valence-electron chi connectivity index (χ0n) is 12.6. The van der Waals surface area contributed by atoms with E-state index in [0.717, 1.165) is 11.3 Å². The number of halogens is 3. The summed E-state index contributed by atoms with van der Waals surface area (Å²) >= 11 is 0. The number of nitrogens with zero attached hydrogens (tertiary/aromatic N) is 1. The van der Waals surface area contributed by atoms with Crippen LogP contribution >= 0.6 is 12.4 Å². The Hall–Kier alpha value is -1.40. The second-order valence-corrected chi connectivity index (χ2v) is 5.26. The molecule has 1 saturated heterocycles. The molecule has 1 aliphatic heterocycles. The predicted octanol–water partition coefficient (Wildman–Crippen LogP) is 2.46. The SMILES string of the molecule is CCOc1ccc(CN(C)C(=O)C2CC(F)(F)CN2)cc1.Cl. The molecule has 1 unspecified atom stereocenters. The van der Waals surface area contributed by atoms with Gasteiger partial charge in [-0.25, -0.2) is 8.78 Å². The molecule has 1 atom stereocenters. The number of hydrogen-bond donors (Lipinski definition) is 1.